The molecule has 0 aliphatic carbocycles. The molecular formula is C17H22BBrFNO3. The van der Waals surface area contributed by atoms with Crippen molar-refractivity contribution in [2.45, 2.75) is 45.8 Å². The van der Waals surface area contributed by atoms with Crippen molar-refractivity contribution in [3.63, 3.8) is 0 Å². The number of carbonyl (C=O) groups excluding carboxylic acids is 1. The van der Waals surface area contributed by atoms with E-state index in [0.29, 0.717) is 15.5 Å². The lowest BCUT2D eigenvalue weighted by molar-refractivity contribution is -0.118. The first-order valence-electron chi connectivity index (χ1n) is 7.78. The second kappa shape index (κ2) is 6.98. The van der Waals surface area contributed by atoms with Gasteiger partial charge in [0.15, 0.2) is 0 Å². The van der Waals surface area contributed by atoms with Gasteiger partial charge in [-0.2, -0.15) is 0 Å². The molecule has 1 aliphatic rings. The Balaban J connectivity index is 2.39. The largest absolute Gasteiger partial charge is 0.492 e. The van der Waals surface area contributed by atoms with Gasteiger partial charge in [-0.25, -0.2) is 4.39 Å². The second-order valence-corrected chi connectivity index (χ2v) is 7.71. The molecule has 130 valence electrons. The summed E-state index contributed by atoms with van der Waals surface area (Å²) in [6, 6.07) is 4.77. The molecule has 4 nitrogen and oxygen atoms in total. The van der Waals surface area contributed by atoms with Gasteiger partial charge in [0.2, 0.25) is 5.91 Å². The Morgan fingerprint density at radius 1 is 1.29 bits per heavy atom. The van der Waals surface area contributed by atoms with Crippen LogP contribution in [-0.4, -0.2) is 30.8 Å². The maximum absolute atomic E-state index is 14.2. The van der Waals surface area contributed by atoms with Crippen molar-refractivity contribution in [3.8, 4) is 0 Å². The number of rotatable bonds is 4. The van der Waals surface area contributed by atoms with Gasteiger partial charge < -0.3 is 14.6 Å². The fourth-order valence-corrected chi connectivity index (χ4v) is 2.71. The van der Waals surface area contributed by atoms with Crippen LogP contribution in [0.3, 0.4) is 0 Å². The van der Waals surface area contributed by atoms with Crippen molar-refractivity contribution in [2.75, 3.05) is 6.54 Å². The lowest BCUT2D eigenvalue weighted by atomic mass is 9.77. The summed E-state index contributed by atoms with van der Waals surface area (Å²) >= 11 is 3.36. The topological polar surface area (TPSA) is 47.6 Å². The van der Waals surface area contributed by atoms with Crippen LogP contribution in [0.15, 0.2) is 28.1 Å². The van der Waals surface area contributed by atoms with E-state index in [1.165, 1.54) is 13.0 Å². The summed E-state index contributed by atoms with van der Waals surface area (Å²) in [4.78, 5) is 11.3. The number of benzene rings is 1. The van der Waals surface area contributed by atoms with Crippen molar-refractivity contribution in [2.24, 2.45) is 0 Å². The van der Waals surface area contributed by atoms with Crippen LogP contribution in [0.2, 0.25) is 0 Å². The Morgan fingerprint density at radius 2 is 1.88 bits per heavy atom. The maximum Gasteiger partial charge on any atom is 0.492 e. The number of hydrogen-bond donors (Lipinski definition) is 1. The van der Waals surface area contributed by atoms with E-state index >= 15 is 0 Å². The fraction of sp³-hybridized carbons (Fsp3) is 0.471. The third kappa shape index (κ3) is 4.07. The highest BCUT2D eigenvalue weighted by atomic mass is 79.9. The molecule has 1 aliphatic heterocycles. The molecule has 0 unspecified atom stereocenters. The molecule has 1 aromatic carbocycles. The number of halogens is 2. The summed E-state index contributed by atoms with van der Waals surface area (Å²) in [6.07, 6.45) is 1.66. The smallest absolute Gasteiger partial charge is 0.400 e. The first-order chi connectivity index (χ1) is 11.0. The molecule has 1 amide bonds. The van der Waals surface area contributed by atoms with E-state index in [1.54, 1.807) is 18.2 Å². The summed E-state index contributed by atoms with van der Waals surface area (Å²) in [7, 11) is -0.659. The molecular weight excluding hydrogens is 376 g/mol. The Morgan fingerprint density at radius 3 is 2.38 bits per heavy atom. The van der Waals surface area contributed by atoms with Crippen molar-refractivity contribution in [1.82, 2.24) is 5.32 Å². The molecule has 1 heterocycles. The zero-order chi connectivity index (χ0) is 18.1. The third-order valence-corrected chi connectivity index (χ3v) is 5.12. The molecule has 0 saturated carbocycles. The Kier molecular flexibility index (Phi) is 5.57. The summed E-state index contributed by atoms with van der Waals surface area (Å²) < 4.78 is 26.8. The van der Waals surface area contributed by atoms with Gasteiger partial charge in [0, 0.05) is 23.5 Å². The summed E-state index contributed by atoms with van der Waals surface area (Å²) in [5, 5.41) is 2.73. The Hall–Kier alpha value is -1.18. The van der Waals surface area contributed by atoms with Gasteiger partial charge in [-0.15, -0.1) is 0 Å². The molecule has 7 heteroatoms. The van der Waals surface area contributed by atoms with Gasteiger partial charge in [-0.05, 0) is 45.3 Å². The number of nitrogens with one attached hydrogen (secondary N) is 1. The number of amides is 1. The van der Waals surface area contributed by atoms with Crippen LogP contribution < -0.4 is 5.32 Å². The lowest BCUT2D eigenvalue weighted by Gasteiger charge is -2.32. The number of hydrogen-bond acceptors (Lipinski definition) is 3. The SMILES string of the molecule is CC(=O)NCC(=Cc1c(F)cccc1Br)B1OC(C)(C)C(C)(C)O1. The maximum atomic E-state index is 14.2. The Labute approximate surface area is 151 Å². The Bertz CT molecular complexity index is 640. The molecule has 0 atom stereocenters. The second-order valence-electron chi connectivity index (χ2n) is 6.85. The van der Waals surface area contributed by atoms with Crippen LogP contribution in [0, 0.1) is 5.82 Å². The lowest BCUT2D eigenvalue weighted by Crippen LogP contribution is -2.41. The van der Waals surface area contributed by atoms with Crippen molar-refractivity contribution >= 4 is 35.0 Å². The highest BCUT2D eigenvalue weighted by Gasteiger charge is 2.52. The molecule has 1 saturated heterocycles. The van der Waals surface area contributed by atoms with E-state index in [4.69, 9.17) is 9.31 Å². The average Bonchev–Trinajstić information content (AvgIpc) is 2.65. The van der Waals surface area contributed by atoms with E-state index in [1.807, 2.05) is 27.7 Å². The van der Waals surface area contributed by atoms with Gasteiger partial charge in [-0.1, -0.05) is 28.1 Å². The minimum absolute atomic E-state index is 0.176. The van der Waals surface area contributed by atoms with E-state index in [9.17, 15) is 9.18 Å². The summed E-state index contributed by atoms with van der Waals surface area (Å²) in [5.41, 5.74) is 0.0148. The van der Waals surface area contributed by atoms with E-state index < -0.39 is 18.3 Å². The molecule has 1 aromatic rings. The van der Waals surface area contributed by atoms with E-state index in [-0.39, 0.29) is 18.3 Å². The fourth-order valence-electron chi connectivity index (χ4n) is 2.26. The van der Waals surface area contributed by atoms with Crippen LogP contribution in [0.4, 0.5) is 4.39 Å². The standard InChI is InChI=1S/C17H22BBrFNO3/c1-11(22)21-10-12(9-13-14(19)7-6-8-15(13)20)18-23-16(2,3)17(4,5)24-18/h6-9H,10H2,1-5H3,(H,21,22). The summed E-state index contributed by atoms with van der Waals surface area (Å²) in [6.45, 7) is 9.43. The van der Waals surface area contributed by atoms with Crippen LogP contribution in [0.1, 0.15) is 40.2 Å². The molecule has 24 heavy (non-hydrogen) atoms. The van der Waals surface area contributed by atoms with Crippen LogP contribution in [0.25, 0.3) is 6.08 Å². The van der Waals surface area contributed by atoms with Crippen LogP contribution >= 0.6 is 15.9 Å². The molecule has 0 aromatic heterocycles. The van der Waals surface area contributed by atoms with Gasteiger partial charge >= 0.3 is 7.12 Å². The minimum Gasteiger partial charge on any atom is -0.400 e. The first-order valence-corrected chi connectivity index (χ1v) is 8.57. The van der Waals surface area contributed by atoms with E-state index in [0.717, 1.165) is 0 Å². The van der Waals surface area contributed by atoms with Crippen molar-refractivity contribution in [3.05, 3.63) is 39.5 Å². The molecule has 0 radical (unpaired) electrons. The highest BCUT2D eigenvalue weighted by Crippen LogP contribution is 2.39. The first kappa shape index (κ1) is 19.2. The van der Waals surface area contributed by atoms with Crippen LogP contribution in [0.5, 0.6) is 0 Å². The van der Waals surface area contributed by atoms with Gasteiger partial charge in [0.05, 0.1) is 11.2 Å². The van der Waals surface area contributed by atoms with Crippen LogP contribution in [-0.2, 0) is 14.1 Å². The normalized spacial score (nSPS) is 19.5. The minimum atomic E-state index is -0.659. The molecule has 1 N–H and O–H groups in total. The monoisotopic (exact) mass is 397 g/mol. The zero-order valence-corrected chi connectivity index (χ0v) is 16.2. The van der Waals surface area contributed by atoms with Crippen molar-refractivity contribution in [1.29, 1.82) is 0 Å². The average molecular weight is 398 g/mol. The zero-order valence-electron chi connectivity index (χ0n) is 14.6. The highest BCUT2D eigenvalue weighted by molar-refractivity contribution is 9.10. The molecule has 1 fully saturated rings. The third-order valence-electron chi connectivity index (χ3n) is 4.43. The van der Waals surface area contributed by atoms with Gasteiger partial charge in [-0.3, -0.25) is 4.79 Å². The predicted molar refractivity (Wildman–Crippen MR) is 96.8 cm³/mol. The van der Waals surface area contributed by atoms with Crippen molar-refractivity contribution < 1.29 is 18.5 Å². The molecule has 0 bridgehead atoms. The van der Waals surface area contributed by atoms with E-state index in [2.05, 4.69) is 21.2 Å². The quantitative estimate of drug-likeness (QED) is 0.787. The van der Waals surface area contributed by atoms with Gasteiger partial charge in [0.1, 0.15) is 5.82 Å². The predicted octanol–water partition coefficient (Wildman–Crippen LogP) is 3.74. The summed E-state index contributed by atoms with van der Waals surface area (Å²) in [5.74, 6) is -0.536. The molecule has 2 rings (SSSR count). The van der Waals surface area contributed by atoms with Gasteiger partial charge in [0.25, 0.3) is 0 Å². The molecule has 0 spiro atoms. The number of carbonyl (C=O) groups is 1.